The van der Waals surface area contributed by atoms with Gasteiger partial charge in [-0.2, -0.15) is 0 Å². The van der Waals surface area contributed by atoms with Crippen LogP contribution in [0.15, 0.2) is 24.5 Å². The van der Waals surface area contributed by atoms with Crippen molar-refractivity contribution in [2.45, 2.75) is 12.6 Å². The Morgan fingerprint density at radius 1 is 1.50 bits per heavy atom. The lowest BCUT2D eigenvalue weighted by Gasteiger charge is -2.38. The summed E-state index contributed by atoms with van der Waals surface area (Å²) in [6.45, 7) is 4.99. The van der Waals surface area contributed by atoms with Gasteiger partial charge < -0.3 is 5.73 Å². The van der Waals surface area contributed by atoms with E-state index in [-0.39, 0.29) is 0 Å². The Morgan fingerprint density at radius 2 is 2.38 bits per heavy atom. The van der Waals surface area contributed by atoms with Gasteiger partial charge in [0.05, 0.1) is 0 Å². The molecule has 0 aliphatic carbocycles. The van der Waals surface area contributed by atoms with E-state index >= 15 is 0 Å². The summed E-state index contributed by atoms with van der Waals surface area (Å²) in [7, 11) is 2.15. The molecule has 1 atom stereocenters. The van der Waals surface area contributed by atoms with Crippen molar-refractivity contribution in [1.82, 2.24) is 14.8 Å². The second-order valence-electron chi connectivity index (χ2n) is 4.47. The molecule has 88 valence electrons. The molecular formula is C12H20N4. The molecule has 1 aliphatic rings. The predicted molar refractivity (Wildman–Crippen MR) is 65.0 cm³/mol. The Kier molecular flexibility index (Phi) is 3.88. The topological polar surface area (TPSA) is 45.4 Å². The van der Waals surface area contributed by atoms with E-state index in [0.717, 1.165) is 32.7 Å². The predicted octanol–water partition coefficient (Wildman–Crippen LogP) is 0.156. The summed E-state index contributed by atoms with van der Waals surface area (Å²) >= 11 is 0. The summed E-state index contributed by atoms with van der Waals surface area (Å²) in [6.07, 6.45) is 3.76. The van der Waals surface area contributed by atoms with Gasteiger partial charge in [0.1, 0.15) is 0 Å². The van der Waals surface area contributed by atoms with Gasteiger partial charge in [-0.05, 0) is 18.7 Å². The first-order valence-corrected chi connectivity index (χ1v) is 5.81. The van der Waals surface area contributed by atoms with Crippen LogP contribution in [0.1, 0.15) is 5.56 Å². The van der Waals surface area contributed by atoms with Crippen LogP contribution in [0.2, 0.25) is 0 Å². The minimum Gasteiger partial charge on any atom is -0.329 e. The molecule has 0 saturated carbocycles. The summed E-state index contributed by atoms with van der Waals surface area (Å²) in [5, 5.41) is 0. The van der Waals surface area contributed by atoms with Crippen molar-refractivity contribution in [3.63, 3.8) is 0 Å². The average molecular weight is 220 g/mol. The average Bonchev–Trinajstić information content (AvgIpc) is 2.33. The molecule has 0 radical (unpaired) electrons. The molecule has 2 rings (SSSR count). The standard InChI is InChI=1S/C12H20N4/c1-15-5-6-16(10-12(15)7-13)9-11-3-2-4-14-8-11/h2-4,8,12H,5-7,9-10,13H2,1H3. The van der Waals surface area contributed by atoms with Crippen LogP contribution in [-0.4, -0.2) is 54.1 Å². The van der Waals surface area contributed by atoms with Crippen molar-refractivity contribution in [3.05, 3.63) is 30.1 Å². The van der Waals surface area contributed by atoms with E-state index in [1.165, 1.54) is 5.56 Å². The lowest BCUT2D eigenvalue weighted by molar-refractivity contribution is 0.0946. The maximum absolute atomic E-state index is 5.77. The van der Waals surface area contributed by atoms with E-state index in [0.29, 0.717) is 6.04 Å². The van der Waals surface area contributed by atoms with E-state index in [2.05, 4.69) is 27.9 Å². The summed E-state index contributed by atoms with van der Waals surface area (Å²) in [4.78, 5) is 8.94. The smallest absolute Gasteiger partial charge is 0.0343 e. The van der Waals surface area contributed by atoms with E-state index in [9.17, 15) is 0 Å². The number of nitrogens with zero attached hydrogens (tertiary/aromatic N) is 3. The molecule has 0 aromatic carbocycles. The maximum atomic E-state index is 5.77. The van der Waals surface area contributed by atoms with Crippen molar-refractivity contribution >= 4 is 0 Å². The highest BCUT2D eigenvalue weighted by Gasteiger charge is 2.22. The van der Waals surface area contributed by atoms with Crippen molar-refractivity contribution in [2.75, 3.05) is 33.2 Å². The Balaban J connectivity index is 1.92. The van der Waals surface area contributed by atoms with Crippen molar-refractivity contribution in [3.8, 4) is 0 Å². The number of likely N-dealkylation sites (N-methyl/N-ethyl adjacent to an activating group) is 1. The molecule has 1 unspecified atom stereocenters. The number of pyridine rings is 1. The highest BCUT2D eigenvalue weighted by Crippen LogP contribution is 2.10. The van der Waals surface area contributed by atoms with Gasteiger partial charge in [0.25, 0.3) is 0 Å². The number of nitrogens with two attached hydrogens (primary N) is 1. The van der Waals surface area contributed by atoms with E-state index in [4.69, 9.17) is 5.73 Å². The van der Waals surface area contributed by atoms with Crippen molar-refractivity contribution in [1.29, 1.82) is 0 Å². The highest BCUT2D eigenvalue weighted by molar-refractivity contribution is 5.08. The van der Waals surface area contributed by atoms with Gasteiger partial charge in [0.15, 0.2) is 0 Å². The molecule has 1 saturated heterocycles. The molecule has 2 N–H and O–H groups in total. The van der Waals surface area contributed by atoms with E-state index in [1.807, 2.05) is 18.5 Å². The third-order valence-corrected chi connectivity index (χ3v) is 3.26. The minimum atomic E-state index is 0.491. The number of aromatic nitrogens is 1. The summed E-state index contributed by atoms with van der Waals surface area (Å²) in [5.74, 6) is 0. The fourth-order valence-corrected chi connectivity index (χ4v) is 2.16. The summed E-state index contributed by atoms with van der Waals surface area (Å²) < 4.78 is 0. The molecule has 4 heteroatoms. The van der Waals surface area contributed by atoms with Crippen molar-refractivity contribution < 1.29 is 0 Å². The Morgan fingerprint density at radius 3 is 3.06 bits per heavy atom. The second-order valence-corrected chi connectivity index (χ2v) is 4.47. The van der Waals surface area contributed by atoms with Crippen LogP contribution >= 0.6 is 0 Å². The van der Waals surface area contributed by atoms with Gasteiger partial charge >= 0.3 is 0 Å². The summed E-state index contributed by atoms with van der Waals surface area (Å²) in [5.41, 5.74) is 7.05. The van der Waals surface area contributed by atoms with Gasteiger partial charge in [0.2, 0.25) is 0 Å². The van der Waals surface area contributed by atoms with Gasteiger partial charge in [-0.15, -0.1) is 0 Å². The third-order valence-electron chi connectivity index (χ3n) is 3.26. The fraction of sp³-hybridized carbons (Fsp3) is 0.583. The first-order valence-electron chi connectivity index (χ1n) is 5.81. The zero-order valence-corrected chi connectivity index (χ0v) is 9.84. The van der Waals surface area contributed by atoms with Gasteiger partial charge in [-0.3, -0.25) is 14.8 Å². The molecule has 2 heterocycles. The van der Waals surface area contributed by atoms with Crippen LogP contribution in [0.5, 0.6) is 0 Å². The molecule has 1 aliphatic heterocycles. The van der Waals surface area contributed by atoms with Crippen LogP contribution in [0.4, 0.5) is 0 Å². The van der Waals surface area contributed by atoms with Gasteiger partial charge in [-0.1, -0.05) is 6.07 Å². The SMILES string of the molecule is CN1CCN(Cc2cccnc2)CC1CN. The molecule has 0 amide bonds. The third kappa shape index (κ3) is 2.78. The molecule has 16 heavy (non-hydrogen) atoms. The quantitative estimate of drug-likeness (QED) is 0.788. The second kappa shape index (κ2) is 5.39. The molecule has 1 aromatic rings. The molecular weight excluding hydrogens is 200 g/mol. The summed E-state index contributed by atoms with van der Waals surface area (Å²) in [6, 6.07) is 4.61. The molecule has 1 fully saturated rings. The number of hydrogen-bond acceptors (Lipinski definition) is 4. The van der Waals surface area contributed by atoms with Gasteiger partial charge in [0, 0.05) is 51.2 Å². The molecule has 0 bridgehead atoms. The first-order chi connectivity index (χ1) is 7.79. The minimum absolute atomic E-state index is 0.491. The first kappa shape index (κ1) is 11.5. The molecule has 1 aromatic heterocycles. The maximum Gasteiger partial charge on any atom is 0.0343 e. The number of rotatable bonds is 3. The van der Waals surface area contributed by atoms with Crippen LogP contribution in [0, 0.1) is 0 Å². The number of hydrogen-bond donors (Lipinski definition) is 1. The zero-order chi connectivity index (χ0) is 11.4. The highest BCUT2D eigenvalue weighted by atomic mass is 15.3. The Bertz CT molecular complexity index is 314. The van der Waals surface area contributed by atoms with Gasteiger partial charge in [-0.25, -0.2) is 0 Å². The lowest BCUT2D eigenvalue weighted by atomic mass is 10.1. The zero-order valence-electron chi connectivity index (χ0n) is 9.84. The van der Waals surface area contributed by atoms with Crippen LogP contribution < -0.4 is 5.73 Å². The van der Waals surface area contributed by atoms with E-state index in [1.54, 1.807) is 0 Å². The Labute approximate surface area is 97.1 Å². The monoisotopic (exact) mass is 220 g/mol. The molecule has 4 nitrogen and oxygen atoms in total. The van der Waals surface area contributed by atoms with Crippen LogP contribution in [-0.2, 0) is 6.54 Å². The normalized spacial score (nSPS) is 23.5. The van der Waals surface area contributed by atoms with Crippen LogP contribution in [0.3, 0.4) is 0 Å². The number of piperazine rings is 1. The fourth-order valence-electron chi connectivity index (χ4n) is 2.16. The van der Waals surface area contributed by atoms with Crippen molar-refractivity contribution in [2.24, 2.45) is 5.73 Å². The largest absolute Gasteiger partial charge is 0.329 e. The molecule has 0 spiro atoms. The van der Waals surface area contributed by atoms with Crippen LogP contribution in [0.25, 0.3) is 0 Å². The Hall–Kier alpha value is -0.970. The van der Waals surface area contributed by atoms with E-state index < -0.39 is 0 Å². The lowest BCUT2D eigenvalue weighted by Crippen LogP contribution is -2.53.